The zero-order valence-electron chi connectivity index (χ0n) is 20.5. The number of carbonyl (C=O) groups is 1. The number of hydrogen-bond donors (Lipinski definition) is 1. The first kappa shape index (κ1) is 25.3. The van der Waals surface area contributed by atoms with E-state index in [-0.39, 0.29) is 12.1 Å². The quantitative estimate of drug-likeness (QED) is 0.613. The fourth-order valence-electron chi connectivity index (χ4n) is 4.67. The minimum absolute atomic E-state index is 0.124. The van der Waals surface area contributed by atoms with E-state index in [4.69, 9.17) is 9.47 Å². The van der Waals surface area contributed by atoms with E-state index in [1.165, 1.54) is 19.1 Å². The number of amides is 2. The van der Waals surface area contributed by atoms with Gasteiger partial charge in [-0.05, 0) is 61.9 Å². The molecule has 0 unspecified atom stereocenters. The average molecular weight is 502 g/mol. The summed E-state index contributed by atoms with van der Waals surface area (Å²) in [6.07, 6.45) is 6.74. The maximum Gasteiger partial charge on any atom is 0.321 e. The fraction of sp³-hybridized carbons (Fsp3) is 0.500. The van der Waals surface area contributed by atoms with Gasteiger partial charge >= 0.3 is 6.03 Å². The summed E-state index contributed by atoms with van der Waals surface area (Å²) in [6.45, 7) is 3.64. The highest BCUT2D eigenvalue weighted by Gasteiger charge is 2.22. The van der Waals surface area contributed by atoms with E-state index >= 15 is 0 Å². The number of hydrogen-bond acceptors (Lipinski definition) is 6. The Morgan fingerprint density at radius 2 is 1.71 bits per heavy atom. The molecule has 4 rings (SSSR count). The van der Waals surface area contributed by atoms with Crippen LogP contribution >= 0.6 is 0 Å². The Labute approximate surface area is 208 Å². The van der Waals surface area contributed by atoms with E-state index in [0.717, 1.165) is 44.5 Å². The molecule has 1 heterocycles. The van der Waals surface area contributed by atoms with Crippen molar-refractivity contribution in [2.75, 3.05) is 44.9 Å². The minimum atomic E-state index is -3.19. The van der Waals surface area contributed by atoms with Crippen molar-refractivity contribution in [2.24, 2.45) is 0 Å². The number of nitrogens with one attached hydrogen (secondary N) is 1. The van der Waals surface area contributed by atoms with Gasteiger partial charge in [0.15, 0.2) is 21.3 Å². The van der Waals surface area contributed by atoms with Crippen LogP contribution in [-0.4, -0.2) is 69.9 Å². The highest BCUT2D eigenvalue weighted by molar-refractivity contribution is 7.90. The molecule has 190 valence electrons. The van der Waals surface area contributed by atoms with Crippen LogP contribution in [0.25, 0.3) is 0 Å². The number of rotatable bonds is 7. The van der Waals surface area contributed by atoms with Gasteiger partial charge in [0.25, 0.3) is 0 Å². The van der Waals surface area contributed by atoms with Crippen LogP contribution in [0.3, 0.4) is 0 Å². The number of anilines is 1. The van der Waals surface area contributed by atoms with Crippen LogP contribution in [0.5, 0.6) is 11.5 Å². The van der Waals surface area contributed by atoms with Gasteiger partial charge in [0.2, 0.25) is 0 Å². The van der Waals surface area contributed by atoms with E-state index in [2.05, 4.69) is 10.2 Å². The van der Waals surface area contributed by atoms with Crippen LogP contribution in [0, 0.1) is 0 Å². The molecule has 2 aromatic rings. The van der Waals surface area contributed by atoms with Gasteiger partial charge in [-0.25, -0.2) is 13.2 Å². The lowest BCUT2D eigenvalue weighted by Crippen LogP contribution is -2.38. The van der Waals surface area contributed by atoms with Crippen LogP contribution in [0.2, 0.25) is 0 Å². The number of methoxy groups -OCH3 is 1. The molecule has 1 saturated carbocycles. The second-order valence-electron chi connectivity index (χ2n) is 9.35. The number of benzene rings is 2. The summed E-state index contributed by atoms with van der Waals surface area (Å²) < 4.78 is 34.9. The number of nitrogens with zero attached hydrogens (tertiary/aromatic N) is 2. The van der Waals surface area contributed by atoms with Crippen molar-refractivity contribution in [3.05, 3.63) is 48.0 Å². The van der Waals surface area contributed by atoms with Gasteiger partial charge in [-0.3, -0.25) is 4.90 Å². The van der Waals surface area contributed by atoms with E-state index in [0.29, 0.717) is 35.2 Å². The molecule has 0 atom stereocenters. The first-order chi connectivity index (χ1) is 16.8. The molecule has 0 spiro atoms. The monoisotopic (exact) mass is 501 g/mol. The van der Waals surface area contributed by atoms with Gasteiger partial charge < -0.3 is 19.7 Å². The summed E-state index contributed by atoms with van der Waals surface area (Å²) in [5.41, 5.74) is 1.75. The largest absolute Gasteiger partial charge is 0.493 e. The number of sulfone groups is 1. The Balaban J connectivity index is 1.32. The number of carbonyl (C=O) groups excluding carboxylic acids is 1. The number of urea groups is 1. The van der Waals surface area contributed by atoms with Crippen molar-refractivity contribution >= 4 is 21.6 Å². The Kier molecular flexibility index (Phi) is 8.18. The second-order valence-corrected chi connectivity index (χ2v) is 11.4. The standard InChI is InChI=1S/C26H35N3O5S/c1-33-24-13-10-21(18-25(24)34-22-6-3-4-7-22)27-26(30)29-15-5-14-28(16-17-29)19-20-8-11-23(12-9-20)35(2,31)32/h8-13,18,22H,3-7,14-17,19H2,1-2H3,(H,27,30). The summed E-state index contributed by atoms with van der Waals surface area (Å²) in [5.74, 6) is 1.34. The molecule has 9 heteroatoms. The van der Waals surface area contributed by atoms with Crippen molar-refractivity contribution in [3.63, 3.8) is 0 Å². The minimum Gasteiger partial charge on any atom is -0.493 e. The molecule has 0 bridgehead atoms. The molecule has 1 aliphatic heterocycles. The summed E-state index contributed by atoms with van der Waals surface area (Å²) in [7, 11) is -1.57. The Bertz CT molecular complexity index is 1110. The molecule has 1 N–H and O–H groups in total. The van der Waals surface area contributed by atoms with Crippen molar-refractivity contribution in [1.29, 1.82) is 0 Å². The van der Waals surface area contributed by atoms with E-state index < -0.39 is 9.84 Å². The lowest BCUT2D eigenvalue weighted by atomic mass is 10.2. The topological polar surface area (TPSA) is 88.2 Å². The Morgan fingerprint density at radius 1 is 0.971 bits per heavy atom. The van der Waals surface area contributed by atoms with Gasteiger partial charge in [-0.2, -0.15) is 0 Å². The Morgan fingerprint density at radius 3 is 2.40 bits per heavy atom. The number of ether oxygens (including phenoxy) is 2. The maximum absolute atomic E-state index is 13.0. The van der Waals surface area contributed by atoms with Gasteiger partial charge in [-0.15, -0.1) is 0 Å². The normalized spacial score (nSPS) is 17.7. The van der Waals surface area contributed by atoms with Crippen molar-refractivity contribution in [3.8, 4) is 11.5 Å². The molecule has 1 aliphatic carbocycles. The maximum atomic E-state index is 13.0. The SMILES string of the molecule is COc1ccc(NC(=O)N2CCCN(Cc3ccc(S(C)(=O)=O)cc3)CC2)cc1OC1CCCC1. The summed E-state index contributed by atoms with van der Waals surface area (Å²) in [6, 6.07) is 12.4. The molecule has 0 radical (unpaired) electrons. The van der Waals surface area contributed by atoms with Gasteiger partial charge in [0.05, 0.1) is 18.1 Å². The molecule has 8 nitrogen and oxygen atoms in total. The molecular weight excluding hydrogens is 466 g/mol. The lowest BCUT2D eigenvalue weighted by molar-refractivity contribution is 0.201. The van der Waals surface area contributed by atoms with Crippen LogP contribution in [0.15, 0.2) is 47.4 Å². The van der Waals surface area contributed by atoms with Gasteiger partial charge in [-0.1, -0.05) is 12.1 Å². The Hall–Kier alpha value is -2.78. The molecule has 2 fully saturated rings. The van der Waals surface area contributed by atoms with E-state index in [1.807, 2.05) is 35.2 Å². The van der Waals surface area contributed by atoms with E-state index in [1.54, 1.807) is 19.2 Å². The second kappa shape index (κ2) is 11.3. The van der Waals surface area contributed by atoms with Crippen molar-refractivity contribution in [2.45, 2.75) is 49.6 Å². The highest BCUT2D eigenvalue weighted by atomic mass is 32.2. The molecule has 2 amide bonds. The molecule has 1 saturated heterocycles. The third-order valence-electron chi connectivity index (χ3n) is 6.64. The van der Waals surface area contributed by atoms with Crippen LogP contribution in [0.4, 0.5) is 10.5 Å². The molecular formula is C26H35N3O5S. The third-order valence-corrected chi connectivity index (χ3v) is 7.77. The predicted octanol–water partition coefficient (Wildman–Crippen LogP) is 4.16. The lowest BCUT2D eigenvalue weighted by Gasteiger charge is -2.23. The third kappa shape index (κ3) is 6.89. The smallest absolute Gasteiger partial charge is 0.321 e. The predicted molar refractivity (Wildman–Crippen MR) is 136 cm³/mol. The molecule has 2 aliphatic rings. The van der Waals surface area contributed by atoms with Crippen LogP contribution < -0.4 is 14.8 Å². The van der Waals surface area contributed by atoms with Crippen molar-refractivity contribution < 1.29 is 22.7 Å². The first-order valence-corrected chi connectivity index (χ1v) is 14.1. The average Bonchev–Trinajstić information content (AvgIpc) is 3.23. The molecule has 35 heavy (non-hydrogen) atoms. The van der Waals surface area contributed by atoms with Gasteiger partial charge in [0.1, 0.15) is 0 Å². The van der Waals surface area contributed by atoms with Crippen LogP contribution in [-0.2, 0) is 16.4 Å². The highest BCUT2D eigenvalue weighted by Crippen LogP contribution is 2.34. The summed E-state index contributed by atoms with van der Waals surface area (Å²) >= 11 is 0. The van der Waals surface area contributed by atoms with Gasteiger partial charge in [0, 0.05) is 50.7 Å². The summed E-state index contributed by atoms with van der Waals surface area (Å²) in [4.78, 5) is 17.5. The first-order valence-electron chi connectivity index (χ1n) is 12.2. The van der Waals surface area contributed by atoms with Crippen molar-refractivity contribution in [1.82, 2.24) is 9.80 Å². The van der Waals surface area contributed by atoms with E-state index in [9.17, 15) is 13.2 Å². The fourth-order valence-corrected chi connectivity index (χ4v) is 5.30. The van der Waals surface area contributed by atoms with Crippen LogP contribution in [0.1, 0.15) is 37.7 Å². The zero-order chi connectivity index (χ0) is 24.8. The molecule has 0 aromatic heterocycles. The summed E-state index contributed by atoms with van der Waals surface area (Å²) in [5, 5.41) is 3.02. The molecule has 2 aromatic carbocycles. The zero-order valence-corrected chi connectivity index (χ0v) is 21.4.